The zero-order valence-electron chi connectivity index (χ0n) is 6.77. The Bertz CT molecular complexity index is 237. The van der Waals surface area contributed by atoms with Crippen LogP contribution >= 0.6 is 7.82 Å². The van der Waals surface area contributed by atoms with Crippen LogP contribution in [0.5, 0.6) is 0 Å². The van der Waals surface area contributed by atoms with E-state index in [0.717, 1.165) is 0 Å². The van der Waals surface area contributed by atoms with E-state index >= 15 is 0 Å². The molecular weight excluding hydrogens is 221 g/mol. The maximum absolute atomic E-state index is 9.85. The van der Waals surface area contributed by atoms with Crippen molar-refractivity contribution in [2.45, 2.75) is 12.5 Å². The topological polar surface area (TPSA) is 178 Å². The molecule has 0 saturated heterocycles. The molecule has 0 spiro atoms. The summed E-state index contributed by atoms with van der Waals surface area (Å²) in [6.45, 7) is 0. The van der Waals surface area contributed by atoms with E-state index in [4.69, 9.17) is 35.2 Å². The zero-order chi connectivity index (χ0) is 11.9. The second kappa shape index (κ2) is 6.46. The summed E-state index contributed by atoms with van der Waals surface area (Å²) in [4.78, 5) is 41.2. The Morgan fingerprint density at radius 1 is 1.21 bits per heavy atom. The Balaban J connectivity index is 0. The SMILES string of the molecule is N[C@@H](CC(=O)O)C(=O)O.O=P(O)(O)O. The minimum atomic E-state index is -4.64. The third-order valence-electron chi connectivity index (χ3n) is 0.712. The van der Waals surface area contributed by atoms with Crippen LogP contribution in [-0.4, -0.2) is 42.9 Å². The van der Waals surface area contributed by atoms with Crippen LogP contribution in [0.3, 0.4) is 0 Å². The minimum Gasteiger partial charge on any atom is -0.481 e. The molecule has 0 aromatic heterocycles. The molecule has 0 aliphatic heterocycles. The van der Waals surface area contributed by atoms with E-state index in [-0.39, 0.29) is 0 Å². The van der Waals surface area contributed by atoms with Crippen molar-refractivity contribution in [3.05, 3.63) is 0 Å². The van der Waals surface area contributed by atoms with Gasteiger partial charge in [0.25, 0.3) is 0 Å². The van der Waals surface area contributed by atoms with Gasteiger partial charge in [-0.3, -0.25) is 9.59 Å². The summed E-state index contributed by atoms with van der Waals surface area (Å²) in [6.07, 6.45) is -0.532. The lowest BCUT2D eigenvalue weighted by Crippen LogP contribution is -2.32. The summed E-state index contributed by atoms with van der Waals surface area (Å²) in [7, 11) is -4.64. The van der Waals surface area contributed by atoms with Crippen molar-refractivity contribution in [1.82, 2.24) is 0 Å². The van der Waals surface area contributed by atoms with E-state index in [2.05, 4.69) is 0 Å². The molecule has 0 rings (SSSR count). The Morgan fingerprint density at radius 2 is 1.50 bits per heavy atom. The van der Waals surface area contributed by atoms with Gasteiger partial charge in [-0.05, 0) is 0 Å². The third kappa shape index (κ3) is 22.5. The van der Waals surface area contributed by atoms with Crippen LogP contribution in [-0.2, 0) is 14.2 Å². The van der Waals surface area contributed by atoms with Gasteiger partial charge in [0.05, 0.1) is 6.42 Å². The lowest BCUT2D eigenvalue weighted by molar-refractivity contribution is -0.144. The predicted molar refractivity (Wildman–Crippen MR) is 42.1 cm³/mol. The van der Waals surface area contributed by atoms with E-state index in [1.807, 2.05) is 0 Å². The van der Waals surface area contributed by atoms with Crippen LogP contribution in [0.15, 0.2) is 0 Å². The van der Waals surface area contributed by atoms with Gasteiger partial charge in [0.15, 0.2) is 0 Å². The zero-order valence-corrected chi connectivity index (χ0v) is 7.66. The quantitative estimate of drug-likeness (QED) is 0.298. The second-order valence-corrected chi connectivity index (χ2v) is 3.08. The lowest BCUT2D eigenvalue weighted by atomic mass is 10.2. The van der Waals surface area contributed by atoms with Gasteiger partial charge in [0.1, 0.15) is 6.04 Å². The molecule has 0 aliphatic rings. The first-order valence-electron chi connectivity index (χ1n) is 3.02. The smallest absolute Gasteiger partial charge is 0.466 e. The minimum absolute atomic E-state index is 0.532. The van der Waals surface area contributed by atoms with Crippen molar-refractivity contribution < 1.29 is 39.0 Å². The number of carbonyl (C=O) groups is 2. The molecular formula is C4H10NO8P. The molecule has 10 heteroatoms. The van der Waals surface area contributed by atoms with Crippen LogP contribution < -0.4 is 5.73 Å². The van der Waals surface area contributed by atoms with Crippen molar-refractivity contribution in [3.8, 4) is 0 Å². The summed E-state index contributed by atoms with van der Waals surface area (Å²) >= 11 is 0. The number of hydrogen-bond donors (Lipinski definition) is 6. The van der Waals surface area contributed by atoms with Gasteiger partial charge in [-0.15, -0.1) is 0 Å². The van der Waals surface area contributed by atoms with Crippen LogP contribution in [0.25, 0.3) is 0 Å². The first kappa shape index (κ1) is 15.5. The third-order valence-corrected chi connectivity index (χ3v) is 0.712. The van der Waals surface area contributed by atoms with Crippen LogP contribution in [0, 0.1) is 0 Å². The molecule has 0 heterocycles. The van der Waals surface area contributed by atoms with Crippen molar-refractivity contribution in [1.29, 1.82) is 0 Å². The van der Waals surface area contributed by atoms with Gasteiger partial charge < -0.3 is 30.6 Å². The molecule has 0 fully saturated rings. The van der Waals surface area contributed by atoms with Crippen molar-refractivity contribution in [3.63, 3.8) is 0 Å². The largest absolute Gasteiger partial charge is 0.481 e. The summed E-state index contributed by atoms with van der Waals surface area (Å²) in [5.41, 5.74) is 4.84. The molecule has 84 valence electrons. The van der Waals surface area contributed by atoms with E-state index in [1.54, 1.807) is 0 Å². The summed E-state index contributed by atoms with van der Waals surface area (Å²) in [5, 5.41) is 16.0. The molecule has 9 nitrogen and oxygen atoms in total. The maximum Gasteiger partial charge on any atom is 0.466 e. The number of hydrogen-bond acceptors (Lipinski definition) is 4. The van der Waals surface area contributed by atoms with Crippen LogP contribution in [0.2, 0.25) is 0 Å². The fraction of sp³-hybridized carbons (Fsp3) is 0.500. The monoisotopic (exact) mass is 231 g/mol. The Kier molecular flexibility index (Phi) is 7.15. The highest BCUT2D eigenvalue weighted by molar-refractivity contribution is 7.45. The lowest BCUT2D eigenvalue weighted by Gasteiger charge is -1.99. The van der Waals surface area contributed by atoms with Gasteiger partial charge in [-0.2, -0.15) is 0 Å². The number of rotatable bonds is 3. The average molecular weight is 231 g/mol. The first-order valence-corrected chi connectivity index (χ1v) is 4.59. The van der Waals surface area contributed by atoms with Crippen LogP contribution in [0.4, 0.5) is 0 Å². The standard InChI is InChI=1S/C4H7NO4.H3O4P/c5-2(4(8)9)1-3(6)7;1-5(2,3)4/h2H,1,5H2,(H,6,7)(H,8,9);(H3,1,2,3,4)/t2-;/m0./s1. The van der Waals surface area contributed by atoms with Crippen molar-refractivity contribution in [2.24, 2.45) is 5.73 Å². The molecule has 14 heavy (non-hydrogen) atoms. The molecule has 0 saturated carbocycles. The Labute approximate surface area is 78.0 Å². The van der Waals surface area contributed by atoms with E-state index in [1.165, 1.54) is 0 Å². The molecule has 0 aliphatic carbocycles. The number of nitrogens with two attached hydrogens (primary N) is 1. The van der Waals surface area contributed by atoms with Crippen LogP contribution in [0.1, 0.15) is 6.42 Å². The molecule has 0 aromatic carbocycles. The number of carboxylic acid groups (broad SMARTS) is 2. The average Bonchev–Trinajstić information content (AvgIpc) is 1.80. The maximum atomic E-state index is 9.85. The van der Waals surface area contributed by atoms with E-state index in [0.29, 0.717) is 0 Å². The van der Waals surface area contributed by atoms with Gasteiger partial charge in [-0.1, -0.05) is 0 Å². The summed E-state index contributed by atoms with van der Waals surface area (Å²) < 4.78 is 8.88. The normalized spacial score (nSPS) is 12.3. The molecule has 0 unspecified atom stereocenters. The Hall–Kier alpha value is -0.990. The molecule has 7 N–H and O–H groups in total. The van der Waals surface area contributed by atoms with E-state index < -0.39 is 32.2 Å². The van der Waals surface area contributed by atoms with Crippen molar-refractivity contribution >= 4 is 19.8 Å². The first-order chi connectivity index (χ1) is 6.04. The number of aliphatic carboxylic acids is 2. The Morgan fingerprint density at radius 3 is 1.57 bits per heavy atom. The summed E-state index contributed by atoms with van der Waals surface area (Å²) in [5.74, 6) is -2.50. The highest BCUT2D eigenvalue weighted by Crippen LogP contribution is 2.25. The second-order valence-electron chi connectivity index (χ2n) is 2.06. The fourth-order valence-electron chi connectivity index (χ4n) is 0.275. The number of phosphoric acid groups is 1. The van der Waals surface area contributed by atoms with Gasteiger partial charge in [0, 0.05) is 0 Å². The molecule has 0 aromatic rings. The van der Waals surface area contributed by atoms with Crippen molar-refractivity contribution in [2.75, 3.05) is 0 Å². The highest BCUT2D eigenvalue weighted by atomic mass is 31.2. The van der Waals surface area contributed by atoms with Gasteiger partial charge in [-0.25, -0.2) is 4.57 Å². The molecule has 0 bridgehead atoms. The fourth-order valence-corrected chi connectivity index (χ4v) is 0.275. The summed E-state index contributed by atoms with van der Waals surface area (Å²) in [6, 6.07) is -1.29. The molecule has 0 radical (unpaired) electrons. The molecule has 0 amide bonds. The highest BCUT2D eigenvalue weighted by Gasteiger charge is 2.14. The van der Waals surface area contributed by atoms with Gasteiger partial charge in [0.2, 0.25) is 0 Å². The van der Waals surface area contributed by atoms with Gasteiger partial charge >= 0.3 is 19.8 Å². The molecule has 1 atom stereocenters. The number of carboxylic acids is 2. The van der Waals surface area contributed by atoms with E-state index in [9.17, 15) is 9.59 Å². The predicted octanol–water partition coefficient (Wildman–Crippen LogP) is -2.06.